The molecule has 0 bridgehead atoms. The van der Waals surface area contributed by atoms with E-state index in [2.05, 4.69) is 41.5 Å². The maximum absolute atomic E-state index is 14.0. The van der Waals surface area contributed by atoms with Gasteiger partial charge >= 0.3 is 6.03 Å². The number of H-pyrrole nitrogens is 1. The van der Waals surface area contributed by atoms with Crippen molar-refractivity contribution in [3.05, 3.63) is 107 Å². The maximum atomic E-state index is 14.0. The van der Waals surface area contributed by atoms with Crippen LogP contribution in [0, 0.1) is 5.92 Å². The topological polar surface area (TPSA) is 176 Å². The van der Waals surface area contributed by atoms with Crippen molar-refractivity contribution < 1.29 is 28.7 Å². The highest BCUT2D eigenvalue weighted by Crippen LogP contribution is 2.34. The van der Waals surface area contributed by atoms with Crippen LogP contribution >= 0.6 is 11.6 Å². The Labute approximate surface area is 381 Å². The van der Waals surface area contributed by atoms with Crippen molar-refractivity contribution in [1.29, 1.82) is 0 Å². The number of carbonyl (C=O) groups excluding carboxylic acids is 5. The van der Waals surface area contributed by atoms with Crippen LogP contribution in [0.1, 0.15) is 70.4 Å². The fourth-order valence-electron chi connectivity index (χ4n) is 10.0. The lowest BCUT2D eigenvalue weighted by Gasteiger charge is -2.41. The molecule has 0 aliphatic carbocycles. The van der Waals surface area contributed by atoms with Gasteiger partial charge in [-0.15, -0.1) is 0 Å². The van der Waals surface area contributed by atoms with Crippen molar-refractivity contribution in [3.63, 3.8) is 0 Å². The molecule has 10 rings (SSSR count). The Morgan fingerprint density at radius 2 is 1.65 bits per heavy atom. The number of urea groups is 1. The summed E-state index contributed by atoms with van der Waals surface area (Å²) in [5.41, 5.74) is 3.88. The van der Waals surface area contributed by atoms with Crippen LogP contribution in [0.2, 0.25) is 5.02 Å². The zero-order chi connectivity index (χ0) is 44.6. The molecule has 17 heteroatoms. The number of hydrogen-bond acceptors (Lipinski definition) is 11. The van der Waals surface area contributed by atoms with E-state index < -0.39 is 11.9 Å². The van der Waals surface area contributed by atoms with Gasteiger partial charge in [0, 0.05) is 107 Å². The van der Waals surface area contributed by atoms with Crippen molar-refractivity contribution in [2.24, 2.45) is 5.92 Å². The molecule has 4 fully saturated rings. The molecule has 3 aromatic carbocycles. The number of nitrogens with one attached hydrogen (secondary N) is 3. The molecule has 0 saturated carbocycles. The number of para-hydroxylation sites is 1. The minimum atomic E-state index is -0.619. The Balaban J connectivity index is 0.699. The lowest BCUT2D eigenvalue weighted by molar-refractivity contribution is -0.136. The number of likely N-dealkylation sites (tertiary alicyclic amines) is 2. The number of carbonyl (C=O) groups is 5. The van der Waals surface area contributed by atoms with E-state index >= 15 is 0 Å². The highest BCUT2D eigenvalue weighted by molar-refractivity contribution is 6.35. The lowest BCUT2D eigenvalue weighted by Crippen LogP contribution is -2.53. The number of ketones is 1. The summed E-state index contributed by atoms with van der Waals surface area (Å²) in [4.78, 5) is 87.7. The first-order valence-electron chi connectivity index (χ1n) is 22.6. The number of rotatable bonds is 10. The van der Waals surface area contributed by atoms with Crippen molar-refractivity contribution in [2.75, 3.05) is 69.1 Å². The van der Waals surface area contributed by atoms with Crippen LogP contribution in [0.5, 0.6) is 11.5 Å². The summed E-state index contributed by atoms with van der Waals surface area (Å²) in [6, 6.07) is 19.7. The molecule has 0 spiro atoms. The molecule has 0 radical (unpaired) electrons. The molecule has 16 nitrogen and oxygen atoms in total. The van der Waals surface area contributed by atoms with E-state index in [4.69, 9.17) is 16.3 Å². The van der Waals surface area contributed by atoms with Gasteiger partial charge in [-0.05, 0) is 86.1 Å². The molecular weight excluding hydrogens is 848 g/mol. The van der Waals surface area contributed by atoms with E-state index in [1.54, 1.807) is 29.3 Å². The molecule has 336 valence electrons. The number of amides is 5. The predicted molar refractivity (Wildman–Crippen MR) is 244 cm³/mol. The second-order valence-electron chi connectivity index (χ2n) is 17.7. The molecule has 4 saturated heterocycles. The van der Waals surface area contributed by atoms with Gasteiger partial charge in [0.2, 0.25) is 11.8 Å². The molecule has 5 aliphatic rings. The van der Waals surface area contributed by atoms with E-state index in [-0.39, 0.29) is 41.1 Å². The molecule has 2 aromatic heterocycles. The van der Waals surface area contributed by atoms with Gasteiger partial charge in [-0.1, -0.05) is 29.8 Å². The Kier molecular flexibility index (Phi) is 11.9. The fourth-order valence-corrected chi connectivity index (χ4v) is 10.3. The summed E-state index contributed by atoms with van der Waals surface area (Å²) in [5.74, 6) is 1.12. The first kappa shape index (κ1) is 42.4. The number of aromatic amines is 1. The van der Waals surface area contributed by atoms with Crippen LogP contribution in [0.15, 0.2) is 79.3 Å². The molecule has 5 aromatic rings. The fraction of sp³-hybridized carbons (Fsp3) is 0.396. The van der Waals surface area contributed by atoms with Crippen molar-refractivity contribution >= 4 is 63.7 Å². The van der Waals surface area contributed by atoms with Gasteiger partial charge < -0.3 is 34.6 Å². The maximum Gasteiger partial charge on any atom is 0.320 e. The number of nitrogens with zero attached hydrogens (tertiary/aromatic N) is 7. The third-order valence-corrected chi connectivity index (χ3v) is 13.9. The number of benzene rings is 3. The normalized spacial score (nSPS) is 20.8. The molecular formula is C48H51ClN10O6. The van der Waals surface area contributed by atoms with Gasteiger partial charge in [0.15, 0.2) is 5.78 Å². The van der Waals surface area contributed by atoms with Crippen LogP contribution in [0.3, 0.4) is 0 Å². The van der Waals surface area contributed by atoms with Gasteiger partial charge in [0.05, 0.1) is 16.0 Å². The summed E-state index contributed by atoms with van der Waals surface area (Å²) >= 11 is 6.66. The second kappa shape index (κ2) is 18.2. The van der Waals surface area contributed by atoms with E-state index in [9.17, 15) is 24.0 Å². The first-order chi connectivity index (χ1) is 31.6. The Morgan fingerprint density at radius 1 is 0.831 bits per heavy atom. The second-order valence-corrected chi connectivity index (χ2v) is 18.1. The van der Waals surface area contributed by atoms with Crippen LogP contribution in [-0.2, 0) is 16.1 Å². The monoisotopic (exact) mass is 898 g/mol. The number of hydrogen-bond donors (Lipinski definition) is 3. The van der Waals surface area contributed by atoms with E-state index in [0.29, 0.717) is 77.0 Å². The zero-order valence-electron chi connectivity index (χ0n) is 36.0. The molecule has 2 atom stereocenters. The van der Waals surface area contributed by atoms with Gasteiger partial charge in [-0.3, -0.25) is 29.4 Å². The van der Waals surface area contributed by atoms with E-state index in [1.807, 2.05) is 52.3 Å². The Hall–Kier alpha value is -6.52. The molecule has 5 aliphatic heterocycles. The number of piperazine rings is 1. The van der Waals surface area contributed by atoms with Gasteiger partial charge in [0.1, 0.15) is 35.3 Å². The standard InChI is InChI=1S/C48H51ClN10O6/c49-39-24-35(65-34-6-2-1-3-7-34)9-11-37(39)43(61)38-25-50-44-42(38)45(52-29-51-44)53-32-5-4-16-58(28-32)48(64)57-17-14-30(15-18-57)26-55-19-21-56(22-20-55)33-8-10-36-31(23-33)27-59(47(36)63)40-12-13-41(60)54-46(40)62/h1-3,6-11,23-25,29-30,32,40H,4-5,12-22,26-28H2,(H,54,60,62)(H2,50,51,52,53)/t32-,40+/m1/s1. The quantitative estimate of drug-likeness (QED) is 0.112. The summed E-state index contributed by atoms with van der Waals surface area (Å²) in [7, 11) is 0. The SMILES string of the molecule is O=C1CC[C@H](N2Cc3cc(N4CCN(CC5CCN(C(=O)N6CCC[C@@H](Nc7ncnc8[nH]cc(C(=O)c9ccc(Oc%10ccccc%10)cc9Cl)c78)C6)CC5)CC4)ccc3C2=O)C(=O)N1. The minimum Gasteiger partial charge on any atom is -0.457 e. The van der Waals surface area contributed by atoms with Gasteiger partial charge in [0.25, 0.3) is 5.91 Å². The number of piperidine rings is 3. The third-order valence-electron chi connectivity index (χ3n) is 13.6. The number of halogens is 1. The number of imide groups is 1. The number of ether oxygens (including phenoxy) is 1. The zero-order valence-corrected chi connectivity index (χ0v) is 36.8. The smallest absolute Gasteiger partial charge is 0.320 e. The van der Waals surface area contributed by atoms with Crippen LogP contribution in [0.25, 0.3) is 11.0 Å². The molecule has 7 heterocycles. The highest BCUT2D eigenvalue weighted by atomic mass is 35.5. The molecule has 0 unspecified atom stereocenters. The Bertz CT molecular complexity index is 2640. The number of anilines is 2. The summed E-state index contributed by atoms with van der Waals surface area (Å²) in [6.07, 6.45) is 7.30. The Morgan fingerprint density at radius 3 is 2.43 bits per heavy atom. The average Bonchev–Trinajstić information content (AvgIpc) is 3.91. The molecule has 3 N–H and O–H groups in total. The van der Waals surface area contributed by atoms with Crippen molar-refractivity contribution in [2.45, 2.75) is 57.2 Å². The van der Waals surface area contributed by atoms with Crippen molar-refractivity contribution in [1.82, 2.24) is 39.9 Å². The highest BCUT2D eigenvalue weighted by Gasteiger charge is 2.39. The number of fused-ring (bicyclic) bond motifs is 2. The third kappa shape index (κ3) is 8.84. The number of aromatic nitrogens is 3. The average molecular weight is 899 g/mol. The summed E-state index contributed by atoms with van der Waals surface area (Å²) in [5, 5.41) is 6.77. The minimum absolute atomic E-state index is 0.0651. The predicted octanol–water partition coefficient (Wildman–Crippen LogP) is 5.93. The summed E-state index contributed by atoms with van der Waals surface area (Å²) < 4.78 is 5.91. The molecule has 65 heavy (non-hydrogen) atoms. The van der Waals surface area contributed by atoms with Crippen molar-refractivity contribution in [3.8, 4) is 11.5 Å². The van der Waals surface area contributed by atoms with Gasteiger partial charge in [-0.25, -0.2) is 14.8 Å². The summed E-state index contributed by atoms with van der Waals surface area (Å²) in [6.45, 7) is 7.66. The van der Waals surface area contributed by atoms with E-state index in [1.165, 1.54) is 6.33 Å². The van der Waals surface area contributed by atoms with Crippen LogP contribution < -0.4 is 20.3 Å². The van der Waals surface area contributed by atoms with Gasteiger partial charge in [-0.2, -0.15) is 0 Å². The molecule has 5 amide bonds. The van der Waals surface area contributed by atoms with Crippen LogP contribution in [0.4, 0.5) is 16.3 Å². The first-order valence-corrected chi connectivity index (χ1v) is 23.0. The lowest BCUT2D eigenvalue weighted by atomic mass is 9.96. The largest absolute Gasteiger partial charge is 0.457 e. The van der Waals surface area contributed by atoms with E-state index in [0.717, 1.165) is 82.7 Å². The van der Waals surface area contributed by atoms with Crippen LogP contribution in [-0.4, -0.2) is 135 Å².